The number of hydrogen-bond donors (Lipinski definition) is 0. The molecule has 0 spiro atoms. The molecule has 138 valence electrons. The van der Waals surface area contributed by atoms with Gasteiger partial charge in [0.1, 0.15) is 5.11 Å². The second kappa shape index (κ2) is 8.60. The lowest BCUT2D eigenvalue weighted by atomic mass is 10.2. The summed E-state index contributed by atoms with van der Waals surface area (Å²) in [6, 6.07) is 28.0. The fraction of sp³-hybridized carbons (Fsp3) is 0.136. The van der Waals surface area contributed by atoms with Crippen molar-refractivity contribution in [2.75, 3.05) is 13.3 Å². The van der Waals surface area contributed by atoms with Crippen molar-refractivity contribution >= 4 is 35.4 Å². The number of nitrogens with zero attached hydrogens (tertiary/aromatic N) is 1. The Morgan fingerprint density at radius 1 is 0.815 bits per heavy atom. The molecule has 0 fully saturated rings. The van der Waals surface area contributed by atoms with E-state index in [0.717, 1.165) is 10.6 Å². The molecule has 0 aliphatic rings. The highest BCUT2D eigenvalue weighted by Crippen LogP contribution is 2.53. The summed E-state index contributed by atoms with van der Waals surface area (Å²) in [4.78, 5) is 14.7. The number of carbonyl (C=O) groups excluding carboxylic acids is 1. The van der Waals surface area contributed by atoms with Gasteiger partial charge in [0.15, 0.2) is 7.14 Å². The Bertz CT molecular complexity index is 889. The monoisotopic (exact) mass is 395 g/mol. The Morgan fingerprint density at radius 2 is 1.22 bits per heavy atom. The molecule has 0 radical (unpaired) electrons. The van der Waals surface area contributed by atoms with Gasteiger partial charge in [-0.1, -0.05) is 78.9 Å². The molecular formula is C22H22NO2PS. The number of amides is 1. The number of rotatable bonds is 6. The van der Waals surface area contributed by atoms with Crippen molar-refractivity contribution in [2.45, 2.75) is 5.11 Å². The van der Waals surface area contributed by atoms with Crippen molar-refractivity contribution in [3.05, 3.63) is 96.6 Å². The zero-order chi connectivity index (χ0) is 19.3. The number of benzene rings is 3. The van der Waals surface area contributed by atoms with Gasteiger partial charge in [0, 0.05) is 23.2 Å². The highest BCUT2D eigenvalue weighted by atomic mass is 32.2. The van der Waals surface area contributed by atoms with Crippen LogP contribution in [0.1, 0.15) is 10.4 Å². The van der Waals surface area contributed by atoms with Gasteiger partial charge in [-0.3, -0.25) is 4.79 Å². The summed E-state index contributed by atoms with van der Waals surface area (Å²) in [5.41, 5.74) is 0.590. The van der Waals surface area contributed by atoms with Gasteiger partial charge in [0.2, 0.25) is 0 Å². The molecule has 0 bridgehead atoms. The summed E-state index contributed by atoms with van der Waals surface area (Å²) in [6.07, 6.45) is 1.90. The van der Waals surface area contributed by atoms with E-state index in [-0.39, 0.29) is 5.91 Å². The molecule has 1 atom stereocenters. The first-order valence-corrected chi connectivity index (χ1v) is 11.7. The fourth-order valence-electron chi connectivity index (χ4n) is 3.14. The molecule has 0 saturated carbocycles. The van der Waals surface area contributed by atoms with Crippen LogP contribution >= 0.6 is 18.9 Å². The second-order valence-corrected chi connectivity index (χ2v) is 10.3. The highest BCUT2D eigenvalue weighted by molar-refractivity contribution is 8.08. The van der Waals surface area contributed by atoms with Crippen LogP contribution in [0.15, 0.2) is 91.0 Å². The molecule has 0 aliphatic heterocycles. The molecule has 1 amide bonds. The third-order valence-corrected chi connectivity index (χ3v) is 9.83. The van der Waals surface area contributed by atoms with Crippen LogP contribution in [-0.4, -0.2) is 29.2 Å². The molecule has 0 unspecified atom stereocenters. The quantitative estimate of drug-likeness (QED) is 0.458. The number of carbonyl (C=O) groups is 1. The van der Waals surface area contributed by atoms with Crippen molar-refractivity contribution in [3.63, 3.8) is 0 Å². The van der Waals surface area contributed by atoms with Crippen molar-refractivity contribution in [3.8, 4) is 0 Å². The maximum Gasteiger partial charge on any atom is 0.254 e. The standard InChI is InChI=1S/C22H22NO2PS/c1-23(21(24)18-12-6-3-7-13-18)22(27-2)26(25,19-14-8-4-9-15-19)20-16-10-5-11-17-20/h3-17,22H,1-2H3/t22-/m0/s1. The largest absolute Gasteiger partial charge is 0.322 e. The summed E-state index contributed by atoms with van der Waals surface area (Å²) in [5.74, 6) is -0.137. The van der Waals surface area contributed by atoms with Crippen molar-refractivity contribution < 1.29 is 9.36 Å². The second-order valence-electron chi connectivity index (χ2n) is 6.17. The minimum Gasteiger partial charge on any atom is -0.322 e. The zero-order valence-corrected chi connectivity index (χ0v) is 17.1. The van der Waals surface area contributed by atoms with Gasteiger partial charge < -0.3 is 9.46 Å². The molecule has 0 saturated heterocycles. The zero-order valence-electron chi connectivity index (χ0n) is 15.4. The molecule has 0 aromatic heterocycles. The van der Waals surface area contributed by atoms with E-state index in [0.29, 0.717) is 5.56 Å². The lowest BCUT2D eigenvalue weighted by Gasteiger charge is -2.34. The van der Waals surface area contributed by atoms with Gasteiger partial charge in [0.25, 0.3) is 5.91 Å². The molecule has 3 aromatic carbocycles. The van der Waals surface area contributed by atoms with Gasteiger partial charge in [-0.2, -0.15) is 0 Å². The third kappa shape index (κ3) is 3.87. The van der Waals surface area contributed by atoms with Gasteiger partial charge in [0.05, 0.1) is 0 Å². The average Bonchev–Trinajstić information content (AvgIpc) is 2.75. The van der Waals surface area contributed by atoms with Crippen LogP contribution in [0.5, 0.6) is 0 Å². The summed E-state index contributed by atoms with van der Waals surface area (Å²) in [5, 5.41) is 1.00. The van der Waals surface area contributed by atoms with Crippen molar-refractivity contribution in [1.29, 1.82) is 0 Å². The van der Waals surface area contributed by atoms with E-state index in [2.05, 4.69) is 0 Å². The minimum atomic E-state index is -3.10. The molecule has 27 heavy (non-hydrogen) atoms. The van der Waals surface area contributed by atoms with E-state index in [9.17, 15) is 9.36 Å². The van der Waals surface area contributed by atoms with E-state index in [1.807, 2.05) is 85.1 Å². The summed E-state index contributed by atoms with van der Waals surface area (Å²) in [7, 11) is -1.37. The van der Waals surface area contributed by atoms with E-state index in [1.54, 1.807) is 24.1 Å². The molecule has 0 aliphatic carbocycles. The topological polar surface area (TPSA) is 37.4 Å². The van der Waals surface area contributed by atoms with Crippen LogP contribution in [0.4, 0.5) is 0 Å². The number of thioether (sulfide) groups is 1. The predicted octanol–water partition coefficient (Wildman–Crippen LogP) is 4.42. The SMILES string of the molecule is CS[C@@H](N(C)C(=O)c1ccccc1)P(=O)(c1ccccc1)c1ccccc1. The predicted molar refractivity (Wildman–Crippen MR) is 116 cm³/mol. The Hall–Kier alpha value is -2.29. The first kappa shape index (κ1) is 19.5. The minimum absolute atomic E-state index is 0.137. The first-order chi connectivity index (χ1) is 13.1. The summed E-state index contributed by atoms with van der Waals surface area (Å²) in [6.45, 7) is 0. The lowest BCUT2D eigenvalue weighted by Crippen LogP contribution is -2.39. The van der Waals surface area contributed by atoms with E-state index in [4.69, 9.17) is 0 Å². The van der Waals surface area contributed by atoms with E-state index in [1.165, 1.54) is 11.8 Å². The smallest absolute Gasteiger partial charge is 0.254 e. The highest BCUT2D eigenvalue weighted by Gasteiger charge is 2.40. The van der Waals surface area contributed by atoms with Crippen LogP contribution in [0.3, 0.4) is 0 Å². The van der Waals surface area contributed by atoms with Gasteiger partial charge in [-0.15, -0.1) is 11.8 Å². The fourth-order valence-corrected chi connectivity index (χ4v) is 8.10. The maximum absolute atomic E-state index is 14.5. The Morgan fingerprint density at radius 3 is 1.63 bits per heavy atom. The van der Waals surface area contributed by atoms with Crippen LogP contribution < -0.4 is 10.6 Å². The molecule has 0 N–H and O–H groups in total. The summed E-state index contributed by atoms with van der Waals surface area (Å²) < 4.78 is 14.5. The van der Waals surface area contributed by atoms with Crippen LogP contribution in [0.2, 0.25) is 0 Å². The molecule has 3 rings (SSSR count). The van der Waals surface area contributed by atoms with Gasteiger partial charge in [-0.05, 0) is 18.4 Å². The van der Waals surface area contributed by atoms with Crippen molar-refractivity contribution in [2.24, 2.45) is 0 Å². The summed E-state index contributed by atoms with van der Waals surface area (Å²) >= 11 is 1.44. The van der Waals surface area contributed by atoms with Crippen molar-refractivity contribution in [1.82, 2.24) is 4.90 Å². The Balaban J connectivity index is 2.10. The van der Waals surface area contributed by atoms with Gasteiger partial charge >= 0.3 is 0 Å². The van der Waals surface area contributed by atoms with Crippen LogP contribution in [-0.2, 0) is 4.57 Å². The Labute approximate surface area is 164 Å². The van der Waals surface area contributed by atoms with Gasteiger partial charge in [-0.25, -0.2) is 0 Å². The molecule has 3 nitrogen and oxygen atoms in total. The average molecular weight is 395 g/mol. The van der Waals surface area contributed by atoms with Crippen LogP contribution in [0.25, 0.3) is 0 Å². The normalized spacial score (nSPS) is 12.4. The molecular weight excluding hydrogens is 373 g/mol. The molecule has 5 heteroatoms. The van der Waals surface area contributed by atoms with E-state index >= 15 is 0 Å². The molecule has 0 heterocycles. The number of hydrogen-bond acceptors (Lipinski definition) is 3. The lowest BCUT2D eigenvalue weighted by molar-refractivity contribution is 0.0807. The third-order valence-electron chi connectivity index (χ3n) is 4.47. The van der Waals surface area contributed by atoms with Crippen LogP contribution in [0, 0.1) is 0 Å². The first-order valence-electron chi connectivity index (χ1n) is 8.65. The Kier molecular flexibility index (Phi) is 6.20. The maximum atomic E-state index is 14.5. The van der Waals surface area contributed by atoms with E-state index < -0.39 is 12.3 Å². The molecule has 3 aromatic rings.